The predicted octanol–water partition coefficient (Wildman–Crippen LogP) is 1.40. The molecule has 0 saturated carbocycles. The van der Waals surface area contributed by atoms with Crippen LogP contribution in [0.2, 0.25) is 0 Å². The minimum atomic E-state index is -4.04. The zero-order chi connectivity index (χ0) is 13.3. The molecule has 4 nitrogen and oxygen atoms in total. The first-order chi connectivity index (χ1) is 9.12. The fourth-order valence-corrected chi connectivity index (χ4v) is 3.55. The van der Waals surface area contributed by atoms with Gasteiger partial charge in [-0.25, -0.2) is 0 Å². The first-order valence-electron chi connectivity index (χ1n) is 6.02. The van der Waals surface area contributed by atoms with Gasteiger partial charge in [0.1, 0.15) is 5.60 Å². The summed E-state index contributed by atoms with van der Waals surface area (Å²) in [6, 6.07) is 18.9. The first-order valence-corrected chi connectivity index (χ1v) is 7.73. The Morgan fingerprint density at radius 1 is 0.842 bits per heavy atom. The fraction of sp³-hybridized carbons (Fsp3) is 0.143. The SMILES string of the molecule is O[Si]1(O)OCC(c2ccccc2)(c2ccccc2)O1. The second kappa shape index (κ2) is 4.55. The van der Waals surface area contributed by atoms with Crippen molar-refractivity contribution in [3.8, 4) is 0 Å². The van der Waals surface area contributed by atoms with E-state index >= 15 is 0 Å². The highest BCUT2D eigenvalue weighted by Gasteiger charge is 2.56. The van der Waals surface area contributed by atoms with Crippen molar-refractivity contribution in [2.24, 2.45) is 0 Å². The molecule has 1 aliphatic heterocycles. The smallest absolute Gasteiger partial charge is 0.367 e. The van der Waals surface area contributed by atoms with E-state index in [0.29, 0.717) is 0 Å². The maximum absolute atomic E-state index is 9.70. The third kappa shape index (κ3) is 2.22. The standard InChI is InChI=1S/C14H14O4Si/c15-19(16)17-11-14(18-19,12-7-3-1-4-8-12)13-9-5-2-6-10-13/h1-10,15-16H,11H2. The summed E-state index contributed by atoms with van der Waals surface area (Å²) >= 11 is 0. The van der Waals surface area contributed by atoms with Crippen molar-refractivity contribution in [1.29, 1.82) is 0 Å². The van der Waals surface area contributed by atoms with Crippen LogP contribution < -0.4 is 0 Å². The van der Waals surface area contributed by atoms with E-state index in [4.69, 9.17) is 8.85 Å². The van der Waals surface area contributed by atoms with E-state index in [1.807, 2.05) is 60.7 Å². The van der Waals surface area contributed by atoms with Gasteiger partial charge in [-0.2, -0.15) is 0 Å². The van der Waals surface area contributed by atoms with Gasteiger partial charge in [-0.15, -0.1) is 0 Å². The van der Waals surface area contributed by atoms with Gasteiger partial charge in [-0.05, 0) is 11.1 Å². The van der Waals surface area contributed by atoms with E-state index in [-0.39, 0.29) is 6.61 Å². The largest absolute Gasteiger partial charge is 0.675 e. The Bertz CT molecular complexity index is 517. The molecule has 0 aliphatic carbocycles. The molecule has 1 fully saturated rings. The van der Waals surface area contributed by atoms with Crippen LogP contribution in [0.25, 0.3) is 0 Å². The normalized spacial score (nSPS) is 20.3. The van der Waals surface area contributed by atoms with Crippen LogP contribution in [0.1, 0.15) is 11.1 Å². The van der Waals surface area contributed by atoms with Gasteiger partial charge in [0.25, 0.3) is 0 Å². The summed E-state index contributed by atoms with van der Waals surface area (Å²) in [5, 5.41) is 0. The third-order valence-corrected chi connectivity index (χ3v) is 4.39. The van der Waals surface area contributed by atoms with E-state index in [1.54, 1.807) is 0 Å². The molecule has 98 valence electrons. The minimum absolute atomic E-state index is 0.0975. The van der Waals surface area contributed by atoms with Gasteiger partial charge >= 0.3 is 9.05 Å². The second-order valence-corrected chi connectivity index (χ2v) is 6.09. The monoisotopic (exact) mass is 274 g/mol. The molecule has 2 aromatic rings. The number of hydrogen-bond donors (Lipinski definition) is 2. The molecule has 0 bridgehead atoms. The molecule has 0 unspecified atom stereocenters. The summed E-state index contributed by atoms with van der Waals surface area (Å²) in [4.78, 5) is 19.4. The maximum atomic E-state index is 9.70. The van der Waals surface area contributed by atoms with Crippen LogP contribution in [0.15, 0.2) is 60.7 Å². The Balaban J connectivity index is 2.13. The Labute approximate surface area is 112 Å². The van der Waals surface area contributed by atoms with Gasteiger partial charge in [0.15, 0.2) is 0 Å². The number of hydrogen-bond acceptors (Lipinski definition) is 4. The van der Waals surface area contributed by atoms with Gasteiger partial charge in [0, 0.05) is 0 Å². The summed E-state index contributed by atoms with van der Waals surface area (Å²) in [5.74, 6) is 0. The van der Waals surface area contributed by atoms with Crippen LogP contribution in [0.3, 0.4) is 0 Å². The van der Waals surface area contributed by atoms with Crippen LogP contribution in [-0.2, 0) is 14.5 Å². The molecule has 3 rings (SSSR count). The molecule has 0 atom stereocenters. The van der Waals surface area contributed by atoms with Gasteiger partial charge in [0.2, 0.25) is 0 Å². The van der Waals surface area contributed by atoms with E-state index in [2.05, 4.69) is 0 Å². The van der Waals surface area contributed by atoms with Gasteiger partial charge in [-0.3, -0.25) is 0 Å². The summed E-state index contributed by atoms with van der Waals surface area (Å²) in [6.07, 6.45) is 0. The van der Waals surface area contributed by atoms with Crippen LogP contribution in [0.4, 0.5) is 0 Å². The maximum Gasteiger partial charge on any atom is 0.675 e. The van der Waals surface area contributed by atoms with Crippen molar-refractivity contribution in [1.82, 2.24) is 0 Å². The van der Waals surface area contributed by atoms with E-state index in [0.717, 1.165) is 11.1 Å². The highest BCUT2D eigenvalue weighted by molar-refractivity contribution is 6.51. The van der Waals surface area contributed by atoms with Crippen molar-refractivity contribution in [3.05, 3.63) is 71.8 Å². The van der Waals surface area contributed by atoms with Gasteiger partial charge in [0.05, 0.1) is 6.61 Å². The predicted molar refractivity (Wildman–Crippen MR) is 70.9 cm³/mol. The molecule has 0 radical (unpaired) electrons. The molecule has 2 N–H and O–H groups in total. The molecule has 0 aromatic heterocycles. The zero-order valence-electron chi connectivity index (χ0n) is 10.2. The molecule has 0 spiro atoms. The highest BCUT2D eigenvalue weighted by atomic mass is 28.4. The highest BCUT2D eigenvalue weighted by Crippen LogP contribution is 2.40. The molecule has 0 amide bonds. The minimum Gasteiger partial charge on any atom is -0.367 e. The molecule has 19 heavy (non-hydrogen) atoms. The average Bonchev–Trinajstić information content (AvgIpc) is 2.78. The van der Waals surface area contributed by atoms with Crippen LogP contribution in [0.5, 0.6) is 0 Å². The lowest BCUT2D eigenvalue weighted by Gasteiger charge is -2.28. The summed E-state index contributed by atoms with van der Waals surface area (Å²) < 4.78 is 10.6. The molecule has 1 saturated heterocycles. The van der Waals surface area contributed by atoms with E-state index in [1.165, 1.54) is 0 Å². The van der Waals surface area contributed by atoms with Crippen molar-refractivity contribution >= 4 is 9.05 Å². The van der Waals surface area contributed by atoms with Crippen molar-refractivity contribution < 1.29 is 18.4 Å². The van der Waals surface area contributed by atoms with Crippen LogP contribution in [0, 0.1) is 0 Å². The van der Waals surface area contributed by atoms with Crippen molar-refractivity contribution in [2.75, 3.05) is 6.61 Å². The Morgan fingerprint density at radius 3 is 1.68 bits per heavy atom. The third-order valence-electron chi connectivity index (χ3n) is 3.25. The lowest BCUT2D eigenvalue weighted by Crippen LogP contribution is -2.40. The topological polar surface area (TPSA) is 58.9 Å². The van der Waals surface area contributed by atoms with Crippen LogP contribution >= 0.6 is 0 Å². The van der Waals surface area contributed by atoms with Gasteiger partial charge in [-0.1, -0.05) is 60.7 Å². The lowest BCUT2D eigenvalue weighted by atomic mass is 9.87. The molecule has 1 aliphatic rings. The second-order valence-electron chi connectivity index (χ2n) is 4.50. The number of rotatable bonds is 2. The summed E-state index contributed by atoms with van der Waals surface area (Å²) in [6.45, 7) is 0.0975. The van der Waals surface area contributed by atoms with Gasteiger partial charge < -0.3 is 18.4 Å². The zero-order valence-corrected chi connectivity index (χ0v) is 11.2. The summed E-state index contributed by atoms with van der Waals surface area (Å²) in [7, 11) is -4.04. The Hall–Kier alpha value is -1.50. The number of benzene rings is 2. The Kier molecular flexibility index (Phi) is 3.00. The van der Waals surface area contributed by atoms with Crippen LogP contribution in [-0.4, -0.2) is 25.2 Å². The van der Waals surface area contributed by atoms with Crippen molar-refractivity contribution in [2.45, 2.75) is 5.60 Å². The summed E-state index contributed by atoms with van der Waals surface area (Å²) in [5.41, 5.74) is 0.746. The molecule has 2 aromatic carbocycles. The Morgan fingerprint density at radius 2 is 1.32 bits per heavy atom. The van der Waals surface area contributed by atoms with E-state index < -0.39 is 14.6 Å². The molecule has 5 heteroatoms. The quantitative estimate of drug-likeness (QED) is 0.813. The lowest BCUT2D eigenvalue weighted by molar-refractivity contribution is 0.0624. The molecule has 1 heterocycles. The molecular formula is C14H14O4Si. The average molecular weight is 274 g/mol. The van der Waals surface area contributed by atoms with E-state index in [9.17, 15) is 9.59 Å². The fourth-order valence-electron chi connectivity index (χ4n) is 2.35. The first kappa shape index (κ1) is 12.5. The molecular weight excluding hydrogens is 260 g/mol. The van der Waals surface area contributed by atoms with Crippen molar-refractivity contribution in [3.63, 3.8) is 0 Å².